The lowest BCUT2D eigenvalue weighted by molar-refractivity contribution is -0.163. The van der Waals surface area contributed by atoms with Crippen LogP contribution in [0.5, 0.6) is 5.75 Å². The Morgan fingerprint density at radius 2 is 1.97 bits per heavy atom. The van der Waals surface area contributed by atoms with Crippen LogP contribution in [0.3, 0.4) is 0 Å². The van der Waals surface area contributed by atoms with Gasteiger partial charge in [0.2, 0.25) is 5.91 Å². The molecule has 214 valence electrons. The highest BCUT2D eigenvalue weighted by Gasteiger charge is 2.44. The Morgan fingerprint density at radius 1 is 1.21 bits per heavy atom. The smallest absolute Gasteiger partial charge is 0.341 e. The number of thioether (sulfide) groups is 1. The summed E-state index contributed by atoms with van der Waals surface area (Å²) >= 11 is 1.29. The lowest BCUT2D eigenvalue weighted by Crippen LogP contribution is -2.61. The SMILES string of the molecule is CCC[C@H]1CN[C@H](C(=O)N[C@@H]([C@H]2O[C@H](SCCOC(=O)c3ccccc3OC)[C@H](O)C[C@H]2O)[C@@H](C)OC)C1. The molecule has 1 amide bonds. The van der Waals surface area contributed by atoms with E-state index in [1.807, 2.05) is 6.92 Å². The summed E-state index contributed by atoms with van der Waals surface area (Å²) in [4.78, 5) is 25.5. The fourth-order valence-corrected chi connectivity index (χ4v) is 5.96. The van der Waals surface area contributed by atoms with E-state index >= 15 is 0 Å². The van der Waals surface area contributed by atoms with E-state index in [-0.39, 0.29) is 25.0 Å². The monoisotopic (exact) mass is 554 g/mol. The Kier molecular flexibility index (Phi) is 12.1. The van der Waals surface area contributed by atoms with Crippen molar-refractivity contribution in [2.75, 3.05) is 33.1 Å². The van der Waals surface area contributed by atoms with Gasteiger partial charge in [0.05, 0.1) is 37.5 Å². The zero-order chi connectivity index (χ0) is 27.7. The minimum Gasteiger partial charge on any atom is -0.496 e. The molecule has 0 saturated carbocycles. The van der Waals surface area contributed by atoms with Gasteiger partial charge in [0.1, 0.15) is 29.5 Å². The topological polar surface area (TPSA) is 136 Å². The number of carbonyl (C=O) groups is 2. The number of carbonyl (C=O) groups excluding carboxylic acids is 2. The van der Waals surface area contributed by atoms with Crippen molar-refractivity contribution in [2.24, 2.45) is 5.92 Å². The first-order valence-corrected chi connectivity index (χ1v) is 14.3. The van der Waals surface area contributed by atoms with Gasteiger partial charge in [0.25, 0.3) is 0 Å². The Bertz CT molecular complexity index is 906. The normalized spacial score (nSPS) is 28.9. The summed E-state index contributed by atoms with van der Waals surface area (Å²) in [5, 5.41) is 27.7. The van der Waals surface area contributed by atoms with Crippen LogP contribution in [0, 0.1) is 5.92 Å². The van der Waals surface area contributed by atoms with Crippen molar-refractivity contribution in [1.29, 1.82) is 0 Å². The number of benzene rings is 1. The second-order valence-corrected chi connectivity index (χ2v) is 11.1. The van der Waals surface area contributed by atoms with Crippen molar-refractivity contribution in [3.05, 3.63) is 29.8 Å². The molecule has 0 aliphatic carbocycles. The van der Waals surface area contributed by atoms with Gasteiger partial charge in [-0.25, -0.2) is 4.79 Å². The molecule has 1 aromatic carbocycles. The van der Waals surface area contributed by atoms with E-state index in [1.54, 1.807) is 31.4 Å². The van der Waals surface area contributed by atoms with Gasteiger partial charge in [-0.2, -0.15) is 0 Å². The highest BCUT2D eigenvalue weighted by molar-refractivity contribution is 7.99. The summed E-state index contributed by atoms with van der Waals surface area (Å²) in [5.41, 5.74) is -0.336. The average Bonchev–Trinajstić information content (AvgIpc) is 3.39. The minimum absolute atomic E-state index is 0.0897. The molecule has 38 heavy (non-hydrogen) atoms. The van der Waals surface area contributed by atoms with E-state index in [1.165, 1.54) is 18.9 Å². The summed E-state index contributed by atoms with van der Waals surface area (Å²) in [6, 6.07) is 5.90. The fourth-order valence-electron chi connectivity index (χ4n) is 5.01. The van der Waals surface area contributed by atoms with Crippen LogP contribution in [0.1, 0.15) is 49.9 Å². The van der Waals surface area contributed by atoms with E-state index in [2.05, 4.69) is 17.6 Å². The van der Waals surface area contributed by atoms with Crippen molar-refractivity contribution >= 4 is 23.6 Å². The molecule has 1 aromatic rings. The lowest BCUT2D eigenvalue weighted by atomic mass is 9.93. The lowest BCUT2D eigenvalue weighted by Gasteiger charge is -2.42. The Morgan fingerprint density at radius 3 is 2.68 bits per heavy atom. The highest BCUT2D eigenvalue weighted by Crippen LogP contribution is 2.31. The maximum atomic E-state index is 13.1. The first-order valence-electron chi connectivity index (χ1n) is 13.3. The number of hydrogen-bond donors (Lipinski definition) is 4. The number of rotatable bonds is 13. The molecule has 2 heterocycles. The summed E-state index contributed by atoms with van der Waals surface area (Å²) in [5.74, 6) is 0.625. The van der Waals surface area contributed by atoms with Crippen LogP contribution in [-0.4, -0.2) is 97.1 Å². The Hall–Kier alpha value is -1.89. The molecule has 0 radical (unpaired) electrons. The van der Waals surface area contributed by atoms with Gasteiger partial charge in [-0.3, -0.25) is 4.79 Å². The van der Waals surface area contributed by atoms with Crippen LogP contribution in [0.4, 0.5) is 0 Å². The van der Waals surface area contributed by atoms with Crippen LogP contribution < -0.4 is 15.4 Å². The van der Waals surface area contributed by atoms with E-state index in [4.69, 9.17) is 18.9 Å². The first kappa shape index (κ1) is 30.6. The van der Waals surface area contributed by atoms with Gasteiger partial charge < -0.3 is 39.8 Å². The van der Waals surface area contributed by atoms with Gasteiger partial charge in [-0.15, -0.1) is 11.8 Å². The third kappa shape index (κ3) is 8.06. The van der Waals surface area contributed by atoms with Gasteiger partial charge >= 0.3 is 5.97 Å². The van der Waals surface area contributed by atoms with Gasteiger partial charge in [0.15, 0.2) is 0 Å². The number of aliphatic hydroxyl groups excluding tert-OH is 2. The zero-order valence-electron chi connectivity index (χ0n) is 22.6. The molecule has 2 fully saturated rings. The van der Waals surface area contributed by atoms with Crippen LogP contribution in [-0.2, 0) is 19.0 Å². The highest BCUT2D eigenvalue weighted by atomic mass is 32.2. The van der Waals surface area contributed by atoms with Gasteiger partial charge in [-0.05, 0) is 44.4 Å². The maximum absolute atomic E-state index is 13.1. The molecule has 2 aliphatic rings. The van der Waals surface area contributed by atoms with Crippen molar-refractivity contribution in [1.82, 2.24) is 10.6 Å². The summed E-state index contributed by atoms with van der Waals surface area (Å²) in [6.07, 6.45) is -0.113. The molecule has 0 spiro atoms. The molecule has 0 bridgehead atoms. The van der Waals surface area contributed by atoms with E-state index < -0.39 is 41.9 Å². The van der Waals surface area contributed by atoms with Crippen molar-refractivity contribution in [3.8, 4) is 5.75 Å². The number of nitrogens with one attached hydrogen (secondary N) is 2. The summed E-state index contributed by atoms with van der Waals surface area (Å²) in [7, 11) is 3.03. The molecule has 11 heteroatoms. The summed E-state index contributed by atoms with van der Waals surface area (Å²) < 4.78 is 22.2. The molecule has 10 nitrogen and oxygen atoms in total. The number of amides is 1. The average molecular weight is 555 g/mol. The van der Waals surface area contributed by atoms with E-state index in [0.717, 1.165) is 25.8 Å². The van der Waals surface area contributed by atoms with Gasteiger partial charge in [-0.1, -0.05) is 25.5 Å². The number of ether oxygens (including phenoxy) is 4. The second kappa shape index (κ2) is 15.0. The number of para-hydroxylation sites is 1. The van der Waals surface area contributed by atoms with Crippen LogP contribution in [0.15, 0.2) is 24.3 Å². The molecule has 2 saturated heterocycles. The number of hydrogen-bond acceptors (Lipinski definition) is 10. The van der Waals surface area contributed by atoms with Crippen LogP contribution in [0.25, 0.3) is 0 Å². The summed E-state index contributed by atoms with van der Waals surface area (Å²) in [6.45, 7) is 4.86. The second-order valence-electron chi connectivity index (χ2n) is 9.87. The molecule has 8 atom stereocenters. The maximum Gasteiger partial charge on any atom is 0.341 e. The van der Waals surface area contributed by atoms with E-state index in [9.17, 15) is 19.8 Å². The predicted molar refractivity (Wildman–Crippen MR) is 144 cm³/mol. The molecular weight excluding hydrogens is 512 g/mol. The van der Waals surface area contributed by atoms with Crippen molar-refractivity contribution in [3.63, 3.8) is 0 Å². The fraction of sp³-hybridized carbons (Fsp3) is 0.704. The Balaban J connectivity index is 1.56. The molecule has 3 rings (SSSR count). The predicted octanol–water partition coefficient (Wildman–Crippen LogP) is 1.72. The van der Waals surface area contributed by atoms with Crippen molar-refractivity contribution < 1.29 is 38.7 Å². The molecule has 4 N–H and O–H groups in total. The largest absolute Gasteiger partial charge is 0.496 e. The third-order valence-electron chi connectivity index (χ3n) is 7.17. The number of methoxy groups -OCH3 is 2. The standard InChI is InChI=1S/C27H42N2O8S/c1-5-8-17-13-19(28-15-17)25(32)29-23(16(2)34-3)24-20(30)14-21(31)27(37-24)38-12-11-36-26(33)18-9-6-7-10-22(18)35-4/h6-7,9-10,16-17,19-21,23-24,27-28,30-31H,5,8,11-15H2,1-4H3,(H,29,32)/t16-,17-,19+,20-,21-,23-,24+,27-/m1/s1. The number of esters is 1. The molecular formula is C27H42N2O8S. The quantitative estimate of drug-likeness (QED) is 0.211. The molecule has 0 aromatic heterocycles. The van der Waals surface area contributed by atoms with Crippen molar-refractivity contribution in [2.45, 2.75) is 81.5 Å². The van der Waals surface area contributed by atoms with E-state index in [0.29, 0.717) is 23.0 Å². The molecule has 0 unspecified atom stereocenters. The third-order valence-corrected chi connectivity index (χ3v) is 8.33. The van der Waals surface area contributed by atoms with Crippen LogP contribution in [0.2, 0.25) is 0 Å². The van der Waals surface area contributed by atoms with Crippen LogP contribution >= 0.6 is 11.8 Å². The minimum atomic E-state index is -0.988. The zero-order valence-corrected chi connectivity index (χ0v) is 23.4. The Labute approximate surface area is 229 Å². The first-order chi connectivity index (χ1) is 18.3. The van der Waals surface area contributed by atoms with Gasteiger partial charge in [0, 0.05) is 19.3 Å². The number of aliphatic hydroxyl groups is 2. The molecule has 2 aliphatic heterocycles.